The number of nitrogens with one attached hydrogen (secondary N) is 1. The van der Waals surface area contributed by atoms with E-state index in [2.05, 4.69) is 33.5 Å². The van der Waals surface area contributed by atoms with Crippen LogP contribution in [0.4, 0.5) is 5.82 Å². The lowest BCUT2D eigenvalue weighted by molar-refractivity contribution is 0.120. The Hall–Kier alpha value is -2.86. The van der Waals surface area contributed by atoms with Crippen LogP contribution in [0.1, 0.15) is 12.8 Å². The number of anilines is 1. The lowest BCUT2D eigenvalue weighted by atomic mass is 10.0. The molecule has 1 N–H and O–H groups in total. The molecule has 5 rings (SSSR count). The van der Waals surface area contributed by atoms with Crippen molar-refractivity contribution >= 4 is 16.7 Å². The zero-order chi connectivity index (χ0) is 17.3. The van der Waals surface area contributed by atoms with E-state index in [1.807, 2.05) is 18.2 Å². The largest absolute Gasteiger partial charge is 0.454 e. The van der Waals surface area contributed by atoms with Crippen molar-refractivity contribution in [1.29, 1.82) is 0 Å². The van der Waals surface area contributed by atoms with E-state index in [9.17, 15) is 0 Å². The van der Waals surface area contributed by atoms with Gasteiger partial charge in [-0.25, -0.2) is 9.97 Å². The summed E-state index contributed by atoms with van der Waals surface area (Å²) in [6.07, 6.45) is 4.11. The van der Waals surface area contributed by atoms with Gasteiger partial charge in [0.1, 0.15) is 12.1 Å². The number of aromatic nitrogens is 2. The molecule has 26 heavy (non-hydrogen) atoms. The molecule has 132 valence electrons. The maximum absolute atomic E-state index is 5.67. The van der Waals surface area contributed by atoms with Crippen LogP contribution in [0.2, 0.25) is 0 Å². The van der Waals surface area contributed by atoms with Gasteiger partial charge >= 0.3 is 0 Å². The first-order chi connectivity index (χ1) is 12.9. The van der Waals surface area contributed by atoms with Gasteiger partial charge in [0.15, 0.2) is 11.5 Å². The van der Waals surface area contributed by atoms with Gasteiger partial charge in [0.2, 0.25) is 6.79 Å². The van der Waals surface area contributed by atoms with Crippen LogP contribution in [-0.2, 0) is 4.74 Å². The van der Waals surface area contributed by atoms with Crippen molar-refractivity contribution in [2.45, 2.75) is 18.9 Å². The highest BCUT2D eigenvalue weighted by atomic mass is 16.7. The van der Waals surface area contributed by atoms with Crippen LogP contribution in [0, 0.1) is 0 Å². The predicted molar refractivity (Wildman–Crippen MR) is 98.6 cm³/mol. The highest BCUT2D eigenvalue weighted by molar-refractivity contribution is 5.92. The second-order valence-electron chi connectivity index (χ2n) is 6.54. The van der Waals surface area contributed by atoms with Gasteiger partial charge in [-0.15, -0.1) is 0 Å². The molecule has 1 unspecified atom stereocenters. The molecule has 3 aromatic rings. The zero-order valence-corrected chi connectivity index (χ0v) is 14.3. The van der Waals surface area contributed by atoms with E-state index in [0.717, 1.165) is 65.3 Å². The second-order valence-corrected chi connectivity index (χ2v) is 6.54. The van der Waals surface area contributed by atoms with Crippen LogP contribution in [0.5, 0.6) is 11.5 Å². The predicted octanol–water partition coefficient (Wildman–Crippen LogP) is 3.62. The summed E-state index contributed by atoms with van der Waals surface area (Å²) in [6.45, 7) is 1.91. The number of ether oxygens (including phenoxy) is 3. The molecule has 0 amide bonds. The van der Waals surface area contributed by atoms with E-state index >= 15 is 0 Å². The Morgan fingerprint density at radius 3 is 2.81 bits per heavy atom. The number of nitrogens with zero attached hydrogens (tertiary/aromatic N) is 2. The molecule has 6 nitrogen and oxygen atoms in total. The van der Waals surface area contributed by atoms with E-state index in [4.69, 9.17) is 14.2 Å². The first kappa shape index (κ1) is 15.4. The van der Waals surface area contributed by atoms with Crippen molar-refractivity contribution in [3.63, 3.8) is 0 Å². The van der Waals surface area contributed by atoms with Gasteiger partial charge in [-0.05, 0) is 48.2 Å². The van der Waals surface area contributed by atoms with E-state index in [1.165, 1.54) is 0 Å². The smallest absolute Gasteiger partial charge is 0.231 e. The monoisotopic (exact) mass is 349 g/mol. The summed E-state index contributed by atoms with van der Waals surface area (Å²) >= 11 is 0. The van der Waals surface area contributed by atoms with Gasteiger partial charge in [0, 0.05) is 18.5 Å². The minimum Gasteiger partial charge on any atom is -0.454 e. The average Bonchev–Trinajstić information content (AvgIpc) is 3.36. The van der Waals surface area contributed by atoms with Gasteiger partial charge in [-0.3, -0.25) is 0 Å². The molecule has 1 saturated heterocycles. The minimum absolute atomic E-state index is 0.271. The molecule has 0 bridgehead atoms. The van der Waals surface area contributed by atoms with E-state index < -0.39 is 0 Å². The molecule has 1 aromatic heterocycles. The molecule has 0 radical (unpaired) electrons. The standard InChI is InChI=1S/C20H19N3O3/c1-2-15(24-7-1)10-21-20-16-5-3-13(8-17(16)22-11-23-20)14-4-6-18-19(9-14)26-12-25-18/h3-6,8-9,11,15H,1-2,7,10,12H2,(H,21,22,23). The Labute approximate surface area is 151 Å². The number of hydrogen-bond acceptors (Lipinski definition) is 6. The minimum atomic E-state index is 0.271. The maximum atomic E-state index is 5.67. The molecule has 6 heteroatoms. The average molecular weight is 349 g/mol. The highest BCUT2D eigenvalue weighted by Crippen LogP contribution is 2.36. The van der Waals surface area contributed by atoms with Crippen molar-refractivity contribution in [1.82, 2.24) is 9.97 Å². The molecule has 2 aliphatic rings. The van der Waals surface area contributed by atoms with Crippen molar-refractivity contribution in [3.05, 3.63) is 42.7 Å². The molecule has 1 atom stereocenters. The van der Waals surface area contributed by atoms with Crippen molar-refractivity contribution in [2.24, 2.45) is 0 Å². The fraction of sp³-hybridized carbons (Fsp3) is 0.300. The Kier molecular flexibility index (Phi) is 3.83. The van der Waals surface area contributed by atoms with E-state index in [1.54, 1.807) is 6.33 Å². The topological polar surface area (TPSA) is 65.5 Å². The van der Waals surface area contributed by atoms with Gasteiger partial charge in [-0.2, -0.15) is 0 Å². The summed E-state index contributed by atoms with van der Waals surface area (Å²) in [4.78, 5) is 8.85. The van der Waals surface area contributed by atoms with Crippen LogP contribution in [-0.4, -0.2) is 36.0 Å². The first-order valence-electron chi connectivity index (χ1n) is 8.87. The quantitative estimate of drug-likeness (QED) is 0.776. The summed E-state index contributed by atoms with van der Waals surface area (Å²) in [5, 5.41) is 4.42. The Morgan fingerprint density at radius 2 is 1.88 bits per heavy atom. The third-order valence-electron chi connectivity index (χ3n) is 4.86. The third-order valence-corrected chi connectivity index (χ3v) is 4.86. The lowest BCUT2D eigenvalue weighted by Gasteiger charge is -2.13. The van der Waals surface area contributed by atoms with Gasteiger partial charge in [-0.1, -0.05) is 12.1 Å². The lowest BCUT2D eigenvalue weighted by Crippen LogP contribution is -2.19. The molecule has 3 heterocycles. The van der Waals surface area contributed by atoms with E-state index in [-0.39, 0.29) is 12.9 Å². The fourth-order valence-corrected chi connectivity index (χ4v) is 3.47. The number of fused-ring (bicyclic) bond motifs is 2. The normalized spacial score (nSPS) is 18.4. The number of rotatable bonds is 4. The third kappa shape index (κ3) is 2.82. The summed E-state index contributed by atoms with van der Waals surface area (Å²) in [6, 6.07) is 12.2. The fourth-order valence-electron chi connectivity index (χ4n) is 3.47. The molecule has 0 spiro atoms. The highest BCUT2D eigenvalue weighted by Gasteiger charge is 2.17. The summed E-state index contributed by atoms with van der Waals surface area (Å²) < 4.78 is 16.5. The van der Waals surface area contributed by atoms with E-state index in [0.29, 0.717) is 0 Å². The Balaban J connectivity index is 1.44. The Morgan fingerprint density at radius 1 is 1.00 bits per heavy atom. The molecule has 0 aliphatic carbocycles. The van der Waals surface area contributed by atoms with Crippen LogP contribution < -0.4 is 14.8 Å². The number of hydrogen-bond donors (Lipinski definition) is 1. The SMILES string of the molecule is c1nc(NCC2CCCO2)c2ccc(-c3ccc4c(c3)OCO4)cc2n1. The van der Waals surface area contributed by atoms with Crippen molar-refractivity contribution in [2.75, 3.05) is 25.3 Å². The molecule has 2 aromatic carbocycles. The van der Waals surface area contributed by atoms with Crippen molar-refractivity contribution < 1.29 is 14.2 Å². The van der Waals surface area contributed by atoms with Gasteiger partial charge in [0.05, 0.1) is 11.6 Å². The van der Waals surface area contributed by atoms with Gasteiger partial charge < -0.3 is 19.5 Å². The molecule has 0 saturated carbocycles. The molecular formula is C20H19N3O3. The Bertz CT molecular complexity index is 954. The summed E-state index contributed by atoms with van der Waals surface area (Å²) in [5.74, 6) is 2.42. The molecule has 2 aliphatic heterocycles. The molecular weight excluding hydrogens is 330 g/mol. The van der Waals surface area contributed by atoms with Crippen LogP contribution >= 0.6 is 0 Å². The van der Waals surface area contributed by atoms with Crippen LogP contribution in [0.15, 0.2) is 42.7 Å². The number of benzene rings is 2. The maximum Gasteiger partial charge on any atom is 0.231 e. The second kappa shape index (κ2) is 6.46. The van der Waals surface area contributed by atoms with Gasteiger partial charge in [0.25, 0.3) is 0 Å². The summed E-state index contributed by atoms with van der Waals surface area (Å²) in [5.41, 5.74) is 3.06. The van der Waals surface area contributed by atoms with Crippen molar-refractivity contribution in [3.8, 4) is 22.6 Å². The zero-order valence-electron chi connectivity index (χ0n) is 14.3. The van der Waals surface area contributed by atoms with Crippen LogP contribution in [0.25, 0.3) is 22.0 Å². The van der Waals surface area contributed by atoms with Crippen LogP contribution in [0.3, 0.4) is 0 Å². The summed E-state index contributed by atoms with van der Waals surface area (Å²) in [7, 11) is 0. The molecule has 1 fully saturated rings. The first-order valence-corrected chi connectivity index (χ1v) is 8.87.